The third-order valence-electron chi connectivity index (χ3n) is 12.0. The van der Waals surface area contributed by atoms with Crippen molar-refractivity contribution in [2.75, 3.05) is 53.4 Å². The van der Waals surface area contributed by atoms with Gasteiger partial charge in [0.05, 0.1) is 17.2 Å². The third kappa shape index (κ3) is 9.73. The van der Waals surface area contributed by atoms with Crippen LogP contribution in [0, 0.1) is 42.9 Å². The maximum atomic E-state index is 12.1. The molecule has 0 spiro atoms. The maximum absolute atomic E-state index is 12.1. The summed E-state index contributed by atoms with van der Waals surface area (Å²) in [6, 6.07) is 19.4. The number of ether oxygens (including phenoxy) is 3. The number of aromatic nitrogens is 1. The standard InChI is InChI=1S/C46H54ClN5O5/c1-30-34(10-7-11-36(30)37-12-8-14-43(31(37)2)55-17-9-15-51-26-39-38(25-50(3)4)40(39)27-51)29-57-45-20-44(56-28-33-18-32(21-48)22-49-23-33)35(19-41(45)47)24-52-16-6-5-13-42(52)46(53)54/h7-8,10-12,14,18-20,22-23,38-40,42H,5-6,9,13,15-17,24-29H2,1-4H3,(H,53,54)/t38?,39-,40?,42-/m0/s1. The number of pyridine rings is 1. The first-order valence-electron chi connectivity index (χ1n) is 20.2. The minimum Gasteiger partial charge on any atom is -0.493 e. The van der Waals surface area contributed by atoms with Crippen LogP contribution in [0.1, 0.15) is 59.1 Å². The van der Waals surface area contributed by atoms with Gasteiger partial charge in [0.1, 0.15) is 42.6 Å². The smallest absolute Gasteiger partial charge is 0.320 e. The number of halogens is 1. The van der Waals surface area contributed by atoms with Gasteiger partial charge < -0.3 is 29.1 Å². The van der Waals surface area contributed by atoms with E-state index in [9.17, 15) is 15.2 Å². The number of piperidine rings is 2. The number of fused-ring (bicyclic) bond motifs is 1. The Morgan fingerprint density at radius 3 is 2.44 bits per heavy atom. The molecule has 3 heterocycles. The van der Waals surface area contributed by atoms with E-state index in [-0.39, 0.29) is 13.2 Å². The first-order chi connectivity index (χ1) is 27.6. The van der Waals surface area contributed by atoms with Crippen molar-refractivity contribution >= 4 is 17.6 Å². The predicted molar refractivity (Wildman–Crippen MR) is 222 cm³/mol. The average Bonchev–Trinajstić information content (AvgIpc) is 3.61. The molecule has 2 saturated heterocycles. The quantitative estimate of drug-likeness (QED) is 0.106. The second kappa shape index (κ2) is 18.3. The lowest BCUT2D eigenvalue weighted by molar-refractivity contribution is -0.144. The van der Waals surface area contributed by atoms with Crippen molar-refractivity contribution in [1.82, 2.24) is 19.7 Å². The molecular formula is C46H54ClN5O5. The van der Waals surface area contributed by atoms with Crippen molar-refractivity contribution in [3.05, 3.63) is 105 Å². The monoisotopic (exact) mass is 791 g/mol. The van der Waals surface area contributed by atoms with Crippen LogP contribution in [0.3, 0.4) is 0 Å². The van der Waals surface area contributed by atoms with Gasteiger partial charge in [0, 0.05) is 62.3 Å². The summed E-state index contributed by atoms with van der Waals surface area (Å²) in [6.45, 7) is 11.2. The van der Waals surface area contributed by atoms with Crippen LogP contribution >= 0.6 is 11.6 Å². The molecule has 0 bridgehead atoms. The molecule has 2 unspecified atom stereocenters. The number of carboxylic acid groups (broad SMARTS) is 1. The molecule has 11 heteroatoms. The van der Waals surface area contributed by atoms with Crippen LogP contribution in [-0.2, 0) is 24.6 Å². The first-order valence-corrected chi connectivity index (χ1v) is 20.5. The normalized spacial score (nSPS) is 20.6. The summed E-state index contributed by atoms with van der Waals surface area (Å²) < 4.78 is 19.1. The molecular weight excluding hydrogens is 738 g/mol. The minimum absolute atomic E-state index is 0.166. The molecule has 3 aromatic carbocycles. The molecule has 2 aliphatic heterocycles. The highest BCUT2D eigenvalue weighted by molar-refractivity contribution is 6.32. The maximum Gasteiger partial charge on any atom is 0.320 e. The number of likely N-dealkylation sites (tertiary alicyclic amines) is 2. The van der Waals surface area contributed by atoms with Crippen molar-refractivity contribution < 1.29 is 24.1 Å². The minimum atomic E-state index is -0.826. The van der Waals surface area contributed by atoms with Gasteiger partial charge in [-0.05, 0) is 118 Å². The van der Waals surface area contributed by atoms with Crippen LogP contribution in [0.25, 0.3) is 11.1 Å². The summed E-state index contributed by atoms with van der Waals surface area (Å²) >= 11 is 6.89. The molecule has 1 aromatic heterocycles. The number of carboxylic acids is 1. The number of hydrogen-bond acceptors (Lipinski definition) is 9. The van der Waals surface area contributed by atoms with Crippen LogP contribution in [-0.4, -0.2) is 90.2 Å². The lowest BCUT2D eigenvalue weighted by Crippen LogP contribution is -2.44. The van der Waals surface area contributed by atoms with Gasteiger partial charge in [-0.3, -0.25) is 14.7 Å². The van der Waals surface area contributed by atoms with Crippen molar-refractivity contribution in [3.63, 3.8) is 0 Å². The molecule has 3 fully saturated rings. The van der Waals surface area contributed by atoms with E-state index in [0.29, 0.717) is 48.2 Å². The molecule has 57 heavy (non-hydrogen) atoms. The van der Waals surface area contributed by atoms with Gasteiger partial charge >= 0.3 is 5.97 Å². The number of nitrogens with zero attached hydrogens (tertiary/aromatic N) is 5. The fourth-order valence-electron chi connectivity index (χ4n) is 8.84. The summed E-state index contributed by atoms with van der Waals surface area (Å²) in [5.74, 6) is 3.74. The topological polar surface area (TPSA) is 111 Å². The van der Waals surface area contributed by atoms with E-state index >= 15 is 0 Å². The largest absolute Gasteiger partial charge is 0.493 e. The molecule has 7 rings (SSSR count). The number of hydrogen-bond donors (Lipinski definition) is 1. The lowest BCUT2D eigenvalue weighted by Gasteiger charge is -2.33. The summed E-state index contributed by atoms with van der Waals surface area (Å²) in [4.78, 5) is 23.2. The summed E-state index contributed by atoms with van der Waals surface area (Å²) in [7, 11) is 4.35. The Kier molecular flexibility index (Phi) is 13.0. The Morgan fingerprint density at radius 1 is 0.930 bits per heavy atom. The first kappa shape index (κ1) is 40.5. The zero-order valence-corrected chi connectivity index (χ0v) is 34.3. The Morgan fingerprint density at radius 2 is 1.68 bits per heavy atom. The third-order valence-corrected chi connectivity index (χ3v) is 12.3. The number of aliphatic carboxylic acids is 1. The SMILES string of the molecule is Cc1c(COc2cc(OCc3cncc(C#N)c3)c(CN3CCCC[C@H]3C(=O)O)cc2Cl)cccc1-c1cccc(OCCCN2CC3C(CN(C)C)[C@@H]3C2)c1C. The molecule has 1 aliphatic carbocycles. The van der Waals surface area contributed by atoms with Gasteiger partial charge in [-0.15, -0.1) is 0 Å². The zero-order chi connectivity index (χ0) is 40.1. The molecule has 4 atom stereocenters. The number of carbonyl (C=O) groups is 1. The lowest BCUT2D eigenvalue weighted by atomic mass is 9.93. The van der Waals surface area contributed by atoms with Crippen molar-refractivity contribution in [1.29, 1.82) is 5.26 Å². The van der Waals surface area contributed by atoms with Crippen LogP contribution in [0.2, 0.25) is 5.02 Å². The van der Waals surface area contributed by atoms with Gasteiger partial charge in [-0.1, -0.05) is 48.4 Å². The van der Waals surface area contributed by atoms with Gasteiger partial charge in [0.15, 0.2) is 0 Å². The van der Waals surface area contributed by atoms with Gasteiger partial charge in [0.25, 0.3) is 0 Å². The van der Waals surface area contributed by atoms with E-state index in [2.05, 4.69) is 85.2 Å². The zero-order valence-electron chi connectivity index (χ0n) is 33.5. The highest BCUT2D eigenvalue weighted by Gasteiger charge is 2.54. The highest BCUT2D eigenvalue weighted by Crippen LogP contribution is 2.51. The van der Waals surface area contributed by atoms with E-state index in [1.54, 1.807) is 18.3 Å². The van der Waals surface area contributed by atoms with Crippen molar-refractivity contribution in [2.24, 2.45) is 17.8 Å². The number of benzene rings is 3. The van der Waals surface area contributed by atoms with E-state index < -0.39 is 12.0 Å². The molecule has 10 nitrogen and oxygen atoms in total. The van der Waals surface area contributed by atoms with Crippen molar-refractivity contribution in [2.45, 2.75) is 65.3 Å². The Bertz CT molecular complexity index is 2090. The van der Waals surface area contributed by atoms with E-state index in [4.69, 9.17) is 25.8 Å². The van der Waals surface area contributed by atoms with E-state index in [1.165, 1.54) is 25.8 Å². The summed E-state index contributed by atoms with van der Waals surface area (Å²) in [5, 5.41) is 19.7. The Balaban J connectivity index is 1.02. The summed E-state index contributed by atoms with van der Waals surface area (Å²) in [5.41, 5.74) is 7.44. The highest BCUT2D eigenvalue weighted by atomic mass is 35.5. The van der Waals surface area contributed by atoms with Crippen molar-refractivity contribution in [3.8, 4) is 34.4 Å². The molecule has 4 aromatic rings. The molecule has 0 amide bonds. The van der Waals surface area contributed by atoms with Gasteiger partial charge in [-0.25, -0.2) is 0 Å². The van der Waals surface area contributed by atoms with Crippen LogP contribution in [0.4, 0.5) is 0 Å². The molecule has 3 aliphatic rings. The number of nitriles is 1. The average molecular weight is 792 g/mol. The van der Waals surface area contributed by atoms with Gasteiger partial charge in [0.2, 0.25) is 0 Å². The van der Waals surface area contributed by atoms with Gasteiger partial charge in [-0.2, -0.15) is 5.26 Å². The molecule has 300 valence electrons. The van der Waals surface area contributed by atoms with Crippen LogP contribution < -0.4 is 14.2 Å². The van der Waals surface area contributed by atoms with Crippen LogP contribution in [0.5, 0.6) is 17.2 Å². The Hall–Kier alpha value is -4.66. The molecule has 1 saturated carbocycles. The molecule has 1 N–H and O–H groups in total. The van der Waals surface area contributed by atoms with E-state index in [1.807, 2.05) is 11.0 Å². The summed E-state index contributed by atoms with van der Waals surface area (Å²) in [6.07, 6.45) is 6.58. The second-order valence-electron chi connectivity index (χ2n) is 16.2. The fourth-order valence-corrected chi connectivity index (χ4v) is 9.08. The molecule has 0 radical (unpaired) electrons. The predicted octanol–water partition coefficient (Wildman–Crippen LogP) is 8.00. The Labute approximate surface area is 341 Å². The van der Waals surface area contributed by atoms with E-state index in [0.717, 1.165) is 88.3 Å². The fraction of sp³-hybridized carbons (Fsp3) is 0.457. The second-order valence-corrected chi connectivity index (χ2v) is 16.6. The number of rotatable bonds is 17. The van der Waals surface area contributed by atoms with Crippen LogP contribution in [0.15, 0.2) is 67.0 Å².